The standard InChI is InChI=1S/C66H42N8/c1-5-19-43(20-6-1)45-35-37-48(38-36-45)63-70-65(51-29-17-28-50(41-51)64-68-61(46-23-9-3-10-24-46)67-62(69-64)47-25-11-4-12-26-47)72-66(71-63)74-58-34-16-14-32-54(58)56-40-39-55-53-31-13-15-33-57(53)73(59(55)60(56)74)52-30-18-27-49(42-52)44-21-7-2-8-22-44/h1-42H. The van der Waals surface area contributed by atoms with Crippen molar-refractivity contribution in [2.75, 3.05) is 0 Å². The molecule has 0 unspecified atom stereocenters. The van der Waals surface area contributed by atoms with E-state index in [1.165, 1.54) is 0 Å². The predicted octanol–water partition coefficient (Wildman–Crippen LogP) is 15.9. The Kier molecular flexibility index (Phi) is 10.3. The lowest BCUT2D eigenvalue weighted by molar-refractivity contribution is 0.953. The van der Waals surface area contributed by atoms with E-state index < -0.39 is 0 Å². The molecule has 0 bridgehead atoms. The SMILES string of the molecule is c1ccc(-c2ccc(-c3nc(-c4cccc(-c5nc(-c6ccccc6)nc(-c6ccccc6)n5)c4)nc(-n4c5ccccc5c5ccc6c7ccccc7n(-c7cccc(-c8ccccc8)c7)c6c54)n3)cc2)cc1. The number of hydrogen-bond acceptors (Lipinski definition) is 6. The van der Waals surface area contributed by atoms with Gasteiger partial charge in [-0.2, -0.15) is 9.97 Å². The number of fused-ring (bicyclic) bond motifs is 7. The Morgan fingerprint density at radius 1 is 0.216 bits per heavy atom. The fraction of sp³-hybridized carbons (Fsp3) is 0. The number of aromatic nitrogens is 8. The van der Waals surface area contributed by atoms with Crippen molar-refractivity contribution in [3.8, 4) is 90.8 Å². The molecule has 0 atom stereocenters. The lowest BCUT2D eigenvalue weighted by Gasteiger charge is -2.14. The molecule has 0 saturated heterocycles. The van der Waals surface area contributed by atoms with Crippen molar-refractivity contribution in [2.24, 2.45) is 0 Å². The lowest BCUT2D eigenvalue weighted by Crippen LogP contribution is -2.07. The Morgan fingerprint density at radius 3 is 1.12 bits per heavy atom. The normalized spacial score (nSPS) is 11.5. The van der Waals surface area contributed by atoms with Crippen molar-refractivity contribution in [3.05, 3.63) is 255 Å². The van der Waals surface area contributed by atoms with Gasteiger partial charge >= 0.3 is 0 Å². The van der Waals surface area contributed by atoms with Crippen molar-refractivity contribution in [3.63, 3.8) is 0 Å². The van der Waals surface area contributed by atoms with E-state index in [-0.39, 0.29) is 0 Å². The first-order valence-electron chi connectivity index (χ1n) is 24.7. The molecule has 74 heavy (non-hydrogen) atoms. The zero-order valence-electron chi connectivity index (χ0n) is 39.8. The van der Waals surface area contributed by atoms with Crippen molar-refractivity contribution in [2.45, 2.75) is 0 Å². The third-order valence-electron chi connectivity index (χ3n) is 13.8. The van der Waals surface area contributed by atoms with E-state index in [2.05, 4.69) is 179 Å². The lowest BCUT2D eigenvalue weighted by atomic mass is 10.0. The van der Waals surface area contributed by atoms with Gasteiger partial charge in [-0.05, 0) is 52.6 Å². The molecular weight excluding hydrogens is 905 g/mol. The molecule has 4 aromatic heterocycles. The quantitative estimate of drug-likeness (QED) is 0.143. The van der Waals surface area contributed by atoms with Crippen LogP contribution in [0, 0.1) is 0 Å². The van der Waals surface area contributed by atoms with Crippen LogP contribution < -0.4 is 0 Å². The smallest absolute Gasteiger partial charge is 0.238 e. The molecule has 8 heteroatoms. The Morgan fingerprint density at radius 2 is 0.568 bits per heavy atom. The third-order valence-corrected chi connectivity index (χ3v) is 13.8. The Hall–Kier alpha value is -10.2. The molecule has 10 aromatic carbocycles. The van der Waals surface area contributed by atoms with E-state index in [1.54, 1.807) is 0 Å². The molecule has 0 radical (unpaired) electrons. The maximum atomic E-state index is 5.50. The molecule has 0 amide bonds. The maximum Gasteiger partial charge on any atom is 0.238 e. The van der Waals surface area contributed by atoms with Crippen LogP contribution in [0.4, 0.5) is 0 Å². The molecule has 14 aromatic rings. The summed E-state index contributed by atoms with van der Waals surface area (Å²) in [5.41, 5.74) is 14.0. The van der Waals surface area contributed by atoms with Crippen LogP contribution in [0.15, 0.2) is 255 Å². The van der Waals surface area contributed by atoms with Crippen molar-refractivity contribution >= 4 is 43.6 Å². The first-order valence-corrected chi connectivity index (χ1v) is 24.7. The van der Waals surface area contributed by atoms with Crippen LogP contribution in [0.25, 0.3) is 134 Å². The van der Waals surface area contributed by atoms with Gasteiger partial charge in [-0.3, -0.25) is 4.57 Å². The fourth-order valence-corrected chi connectivity index (χ4v) is 10.3. The maximum absolute atomic E-state index is 5.50. The van der Waals surface area contributed by atoms with Crippen molar-refractivity contribution in [1.82, 2.24) is 39.0 Å². The van der Waals surface area contributed by atoms with Crippen LogP contribution in [0.5, 0.6) is 0 Å². The Labute approximate surface area is 426 Å². The van der Waals surface area contributed by atoms with Gasteiger partial charge in [0.2, 0.25) is 5.95 Å². The monoisotopic (exact) mass is 946 g/mol. The highest BCUT2D eigenvalue weighted by atomic mass is 15.2. The van der Waals surface area contributed by atoms with Crippen LogP contribution in [-0.4, -0.2) is 39.0 Å². The first kappa shape index (κ1) is 42.7. The second kappa shape index (κ2) is 17.9. The van der Waals surface area contributed by atoms with Crippen LogP contribution in [0.2, 0.25) is 0 Å². The summed E-state index contributed by atoms with van der Waals surface area (Å²) in [6.45, 7) is 0. The summed E-state index contributed by atoms with van der Waals surface area (Å²) in [7, 11) is 0. The number of para-hydroxylation sites is 2. The van der Waals surface area contributed by atoms with Crippen molar-refractivity contribution in [1.29, 1.82) is 0 Å². The second-order valence-corrected chi connectivity index (χ2v) is 18.3. The average Bonchev–Trinajstić information content (AvgIpc) is 4.01. The van der Waals surface area contributed by atoms with Gasteiger partial charge in [0.05, 0.1) is 22.1 Å². The molecule has 0 aliphatic heterocycles. The molecule has 0 saturated carbocycles. The molecule has 0 fully saturated rings. The summed E-state index contributed by atoms with van der Waals surface area (Å²) in [5, 5.41) is 4.47. The summed E-state index contributed by atoms with van der Waals surface area (Å²) in [4.78, 5) is 31.4. The van der Waals surface area contributed by atoms with Crippen LogP contribution in [-0.2, 0) is 0 Å². The Bertz CT molecular complexity index is 4340. The second-order valence-electron chi connectivity index (χ2n) is 18.3. The van der Waals surface area contributed by atoms with E-state index >= 15 is 0 Å². The van der Waals surface area contributed by atoms with E-state index in [1.807, 2.05) is 84.9 Å². The summed E-state index contributed by atoms with van der Waals surface area (Å²) in [6, 6.07) is 88.3. The largest absolute Gasteiger partial charge is 0.307 e. The predicted molar refractivity (Wildman–Crippen MR) is 300 cm³/mol. The molecule has 0 aliphatic rings. The zero-order chi connectivity index (χ0) is 49.0. The molecule has 4 heterocycles. The van der Waals surface area contributed by atoms with E-state index in [4.69, 9.17) is 29.9 Å². The van der Waals surface area contributed by atoms with Gasteiger partial charge in [0.1, 0.15) is 0 Å². The van der Waals surface area contributed by atoms with Crippen LogP contribution in [0.3, 0.4) is 0 Å². The summed E-state index contributed by atoms with van der Waals surface area (Å²) in [5.74, 6) is 3.26. The number of benzene rings is 10. The minimum absolute atomic E-state index is 0.494. The highest BCUT2D eigenvalue weighted by Crippen LogP contribution is 2.42. The minimum Gasteiger partial charge on any atom is -0.307 e. The van der Waals surface area contributed by atoms with Crippen LogP contribution in [0.1, 0.15) is 0 Å². The fourth-order valence-electron chi connectivity index (χ4n) is 10.3. The average molecular weight is 947 g/mol. The molecule has 8 nitrogen and oxygen atoms in total. The van der Waals surface area contributed by atoms with E-state index in [0.29, 0.717) is 35.1 Å². The van der Waals surface area contributed by atoms with Gasteiger partial charge < -0.3 is 4.57 Å². The van der Waals surface area contributed by atoms with Gasteiger partial charge in [0.15, 0.2) is 29.1 Å². The van der Waals surface area contributed by atoms with E-state index in [9.17, 15) is 0 Å². The van der Waals surface area contributed by atoms with Crippen molar-refractivity contribution < 1.29 is 0 Å². The molecule has 0 N–H and O–H groups in total. The van der Waals surface area contributed by atoms with Gasteiger partial charge in [-0.25, -0.2) is 19.9 Å². The highest BCUT2D eigenvalue weighted by molar-refractivity contribution is 6.23. The summed E-state index contributed by atoms with van der Waals surface area (Å²) >= 11 is 0. The highest BCUT2D eigenvalue weighted by Gasteiger charge is 2.24. The van der Waals surface area contributed by atoms with Gasteiger partial charge in [-0.1, -0.05) is 224 Å². The third kappa shape index (κ3) is 7.48. The summed E-state index contributed by atoms with van der Waals surface area (Å²) in [6.07, 6.45) is 0. The molecule has 0 aliphatic carbocycles. The Balaban J connectivity index is 1.02. The zero-order valence-corrected chi connectivity index (χ0v) is 39.8. The minimum atomic E-state index is 0.494. The number of nitrogens with zero attached hydrogens (tertiary/aromatic N) is 8. The van der Waals surface area contributed by atoms with Gasteiger partial charge in [0.25, 0.3) is 0 Å². The molecular formula is C66H42N8. The topological polar surface area (TPSA) is 87.2 Å². The summed E-state index contributed by atoms with van der Waals surface area (Å²) < 4.78 is 4.65. The van der Waals surface area contributed by atoms with Crippen LogP contribution >= 0.6 is 0 Å². The number of hydrogen-bond donors (Lipinski definition) is 0. The van der Waals surface area contributed by atoms with E-state index in [0.717, 1.165) is 99.4 Å². The van der Waals surface area contributed by atoms with Gasteiger partial charge in [-0.15, -0.1) is 0 Å². The molecule has 14 rings (SSSR count). The molecule has 346 valence electrons. The van der Waals surface area contributed by atoms with Gasteiger partial charge in [0, 0.05) is 55.0 Å². The number of rotatable bonds is 9. The first-order chi connectivity index (χ1) is 36.7. The molecule has 0 spiro atoms.